The average Bonchev–Trinajstić information content (AvgIpc) is 2.94. The monoisotopic (exact) mass is 638 g/mol. The maximum Gasteiger partial charge on any atom is 0.416 e. The number of esters is 1. The number of anilines is 1. The highest BCUT2D eigenvalue weighted by Gasteiger charge is 2.46. The van der Waals surface area contributed by atoms with Gasteiger partial charge in [0.25, 0.3) is 0 Å². The maximum atomic E-state index is 14.3. The summed E-state index contributed by atoms with van der Waals surface area (Å²) in [6.07, 6.45) is 1.30. The molecule has 1 atom stereocenters. The first-order valence-corrected chi connectivity index (χ1v) is 16.4. The number of nitrogens with two attached hydrogens (primary N) is 1. The van der Waals surface area contributed by atoms with E-state index in [0.29, 0.717) is 5.56 Å². The van der Waals surface area contributed by atoms with E-state index >= 15 is 0 Å². The van der Waals surface area contributed by atoms with Gasteiger partial charge < -0.3 is 15.2 Å². The molecule has 0 aliphatic rings. The lowest BCUT2D eigenvalue weighted by atomic mass is 9.82. The molecule has 0 aliphatic heterocycles. The van der Waals surface area contributed by atoms with E-state index in [-0.39, 0.29) is 28.4 Å². The number of nitrogens with zero attached hydrogens (tertiary/aromatic N) is 3. The second-order valence-corrected chi connectivity index (χ2v) is 15.9. The predicted molar refractivity (Wildman–Crippen MR) is 174 cm³/mol. The summed E-state index contributed by atoms with van der Waals surface area (Å²) in [7, 11) is -4.36. The van der Waals surface area contributed by atoms with Gasteiger partial charge in [-0.15, -0.1) is 0 Å². The highest BCUT2D eigenvalue weighted by molar-refractivity contribution is 7.92. The first-order valence-electron chi connectivity index (χ1n) is 14.9. The number of rotatable bonds is 10. The molecule has 0 aliphatic carbocycles. The van der Waals surface area contributed by atoms with Crippen molar-refractivity contribution >= 4 is 27.7 Å². The van der Waals surface area contributed by atoms with Crippen molar-refractivity contribution in [3.8, 4) is 0 Å². The Morgan fingerprint density at radius 3 is 2.00 bits per heavy atom. The molecule has 0 radical (unpaired) electrons. The third kappa shape index (κ3) is 8.88. The van der Waals surface area contributed by atoms with Crippen LogP contribution in [0.15, 0.2) is 71.9 Å². The molecular weight excluding hydrogens is 592 g/mol. The molecule has 1 aromatic carbocycles. The highest BCUT2D eigenvalue weighted by atomic mass is 32.2. The van der Waals surface area contributed by atoms with Gasteiger partial charge in [0.2, 0.25) is 9.84 Å². The number of carbonyl (C=O) groups excluding carboxylic acids is 2. The fourth-order valence-electron chi connectivity index (χ4n) is 4.47. The average molecular weight is 639 g/mol. The summed E-state index contributed by atoms with van der Waals surface area (Å²) in [6.45, 7) is 16.1. The van der Waals surface area contributed by atoms with Crippen LogP contribution in [0.5, 0.6) is 0 Å². The Labute approximate surface area is 267 Å². The molecule has 1 amide bonds. The first kappa shape index (κ1) is 35.6. The van der Waals surface area contributed by atoms with Gasteiger partial charge in [0.05, 0.1) is 5.69 Å². The number of aromatic nitrogens is 2. The molecule has 244 valence electrons. The fraction of sp³-hybridized carbons (Fsp3) is 0.471. The van der Waals surface area contributed by atoms with E-state index in [4.69, 9.17) is 15.2 Å². The van der Waals surface area contributed by atoms with Crippen LogP contribution in [0.4, 0.5) is 10.6 Å². The Morgan fingerprint density at radius 1 is 0.844 bits per heavy atom. The standard InChI is InChI=1S/C34H46N4O6S/c1-10-33(8,9)25-19-17-24(18-20-25)22-34(35,45(41,42)28-16-11-12-21-36-28)26-14-13-15-27(37-26)38(30(40)44-32(5,6)7)23-29(39)43-31(2,3)4/h11-21H,10,22-23,35H2,1-9H3. The van der Waals surface area contributed by atoms with Crippen molar-refractivity contribution in [2.45, 2.75) is 102 Å². The summed E-state index contributed by atoms with van der Waals surface area (Å²) >= 11 is 0. The van der Waals surface area contributed by atoms with E-state index in [1.807, 2.05) is 24.3 Å². The third-order valence-corrected chi connectivity index (χ3v) is 9.35. The zero-order valence-corrected chi connectivity index (χ0v) is 28.6. The van der Waals surface area contributed by atoms with Crippen molar-refractivity contribution in [3.05, 3.63) is 83.7 Å². The molecule has 0 bridgehead atoms. The van der Waals surface area contributed by atoms with Gasteiger partial charge in [-0.3, -0.25) is 9.69 Å². The summed E-state index contributed by atoms with van der Waals surface area (Å²) < 4.78 is 39.5. The number of hydrogen-bond donors (Lipinski definition) is 1. The molecule has 0 saturated heterocycles. The van der Waals surface area contributed by atoms with Gasteiger partial charge in [0.15, 0.2) is 9.90 Å². The molecule has 2 heterocycles. The molecule has 10 nitrogen and oxygen atoms in total. The summed E-state index contributed by atoms with van der Waals surface area (Å²) in [5.74, 6) is -0.727. The summed E-state index contributed by atoms with van der Waals surface area (Å²) in [5.41, 5.74) is 6.90. The Hall–Kier alpha value is -3.83. The molecule has 45 heavy (non-hydrogen) atoms. The summed E-state index contributed by atoms with van der Waals surface area (Å²) in [5, 5.41) is -0.221. The molecule has 2 N–H and O–H groups in total. The van der Waals surface area contributed by atoms with Gasteiger partial charge in [-0.2, -0.15) is 0 Å². The smallest absolute Gasteiger partial charge is 0.416 e. The van der Waals surface area contributed by atoms with Crippen LogP contribution in [0.3, 0.4) is 0 Å². The van der Waals surface area contributed by atoms with Crippen molar-refractivity contribution in [1.82, 2.24) is 9.97 Å². The Bertz CT molecular complexity index is 1590. The quantitative estimate of drug-likeness (QED) is 0.262. The molecule has 1 unspecified atom stereocenters. The third-order valence-electron chi connectivity index (χ3n) is 7.24. The van der Waals surface area contributed by atoms with E-state index in [2.05, 4.69) is 30.7 Å². The summed E-state index contributed by atoms with van der Waals surface area (Å²) in [4.78, 5) is 33.8. The van der Waals surface area contributed by atoms with Gasteiger partial charge in [-0.1, -0.05) is 57.2 Å². The minimum atomic E-state index is -4.36. The van der Waals surface area contributed by atoms with Crippen LogP contribution in [-0.4, -0.2) is 48.2 Å². The second-order valence-electron chi connectivity index (χ2n) is 13.7. The second kappa shape index (κ2) is 13.3. The Balaban J connectivity index is 2.17. The molecule has 11 heteroatoms. The van der Waals surface area contributed by atoms with Gasteiger partial charge >= 0.3 is 12.1 Å². The lowest BCUT2D eigenvalue weighted by molar-refractivity contribution is -0.153. The van der Waals surface area contributed by atoms with Gasteiger partial charge in [-0.25, -0.2) is 23.2 Å². The van der Waals surface area contributed by atoms with Crippen LogP contribution in [0.1, 0.15) is 85.6 Å². The zero-order chi connectivity index (χ0) is 33.8. The SMILES string of the molecule is CCC(C)(C)c1ccc(CC(N)(c2cccc(N(CC(=O)OC(C)(C)C)C(=O)OC(C)(C)C)n2)S(=O)(=O)c2ccccn2)cc1. The molecule has 0 saturated carbocycles. The normalized spacial score (nSPS) is 13.9. The number of amides is 1. The number of benzene rings is 1. The van der Waals surface area contributed by atoms with Crippen molar-refractivity contribution in [1.29, 1.82) is 0 Å². The molecule has 3 rings (SSSR count). The number of pyridine rings is 2. The topological polar surface area (TPSA) is 142 Å². The van der Waals surface area contributed by atoms with E-state index in [1.165, 1.54) is 30.5 Å². The van der Waals surface area contributed by atoms with E-state index in [0.717, 1.165) is 16.9 Å². The van der Waals surface area contributed by atoms with Crippen molar-refractivity contribution in [3.63, 3.8) is 0 Å². The largest absolute Gasteiger partial charge is 0.459 e. The number of carbonyl (C=O) groups is 2. The minimum absolute atomic E-state index is 0.0290. The zero-order valence-electron chi connectivity index (χ0n) is 27.7. The highest BCUT2D eigenvalue weighted by Crippen LogP contribution is 2.35. The first-order chi connectivity index (χ1) is 20.7. The number of sulfone groups is 1. The van der Waals surface area contributed by atoms with Crippen LogP contribution < -0.4 is 10.6 Å². The minimum Gasteiger partial charge on any atom is -0.459 e. The van der Waals surface area contributed by atoms with Crippen molar-refractivity contribution in [2.24, 2.45) is 5.73 Å². The van der Waals surface area contributed by atoms with Crippen molar-refractivity contribution < 1.29 is 27.5 Å². The molecule has 0 fully saturated rings. The summed E-state index contributed by atoms with van der Waals surface area (Å²) in [6, 6.07) is 16.7. The molecule has 2 aromatic heterocycles. The van der Waals surface area contributed by atoms with E-state index in [1.54, 1.807) is 53.7 Å². The maximum absolute atomic E-state index is 14.3. The molecule has 3 aromatic rings. The van der Waals surface area contributed by atoms with Crippen LogP contribution in [0.25, 0.3) is 0 Å². The van der Waals surface area contributed by atoms with Crippen molar-refractivity contribution in [2.75, 3.05) is 11.4 Å². The molecule has 0 spiro atoms. The van der Waals surface area contributed by atoms with E-state index < -0.39 is 44.5 Å². The van der Waals surface area contributed by atoms with Gasteiger partial charge in [-0.05, 0) is 88.8 Å². The Morgan fingerprint density at radius 2 is 1.47 bits per heavy atom. The van der Waals surface area contributed by atoms with Crippen LogP contribution in [-0.2, 0) is 40.8 Å². The lowest BCUT2D eigenvalue weighted by Crippen LogP contribution is -2.48. The Kier molecular flexibility index (Phi) is 10.5. The van der Waals surface area contributed by atoms with E-state index in [9.17, 15) is 18.0 Å². The fourth-order valence-corrected chi connectivity index (χ4v) is 6.04. The van der Waals surface area contributed by atoms with Gasteiger partial charge in [0, 0.05) is 12.6 Å². The van der Waals surface area contributed by atoms with Crippen LogP contribution >= 0.6 is 0 Å². The van der Waals surface area contributed by atoms with Crippen LogP contribution in [0.2, 0.25) is 0 Å². The predicted octanol–water partition coefficient (Wildman–Crippen LogP) is 6.08. The number of ether oxygens (including phenoxy) is 2. The lowest BCUT2D eigenvalue weighted by Gasteiger charge is -2.31. The molecular formula is C34H46N4O6S. The van der Waals surface area contributed by atoms with Gasteiger partial charge in [0.1, 0.15) is 23.6 Å². The number of hydrogen-bond acceptors (Lipinski definition) is 9. The van der Waals surface area contributed by atoms with Crippen LogP contribution in [0, 0.1) is 0 Å².